The lowest BCUT2D eigenvalue weighted by atomic mass is 9.96. The van der Waals surface area contributed by atoms with Gasteiger partial charge in [0.05, 0.1) is 0 Å². The van der Waals surface area contributed by atoms with Crippen molar-refractivity contribution in [2.45, 2.75) is 26.3 Å². The van der Waals surface area contributed by atoms with Crippen LogP contribution in [-0.2, 0) is 6.42 Å². The number of rotatable bonds is 4. The highest BCUT2D eigenvalue weighted by Gasteiger charge is 2.13. The fraction of sp³-hybridized carbons (Fsp3) is 0.294. The Morgan fingerprint density at radius 3 is 2.50 bits per heavy atom. The van der Waals surface area contributed by atoms with Crippen molar-refractivity contribution >= 4 is 15.9 Å². The zero-order chi connectivity index (χ0) is 14.7. The first kappa shape index (κ1) is 15.2. The molecule has 0 bridgehead atoms. The highest BCUT2D eigenvalue weighted by atomic mass is 79.9. The topological polar surface area (TPSA) is 12.0 Å². The van der Waals surface area contributed by atoms with Crippen molar-refractivity contribution in [3.63, 3.8) is 0 Å². The molecule has 0 heterocycles. The van der Waals surface area contributed by atoms with Crippen LogP contribution in [0, 0.1) is 19.7 Å². The molecule has 1 atom stereocenters. The number of hydrogen-bond acceptors (Lipinski definition) is 1. The molecule has 1 nitrogen and oxygen atoms in total. The lowest BCUT2D eigenvalue weighted by molar-refractivity contribution is 0.554. The largest absolute Gasteiger partial charge is 0.313 e. The number of likely N-dealkylation sites (N-methyl/N-ethyl adjacent to an activating group) is 1. The molecule has 1 unspecified atom stereocenters. The van der Waals surface area contributed by atoms with Gasteiger partial charge in [-0.2, -0.15) is 0 Å². The zero-order valence-electron chi connectivity index (χ0n) is 12.0. The van der Waals surface area contributed by atoms with E-state index in [4.69, 9.17) is 0 Å². The van der Waals surface area contributed by atoms with Gasteiger partial charge in [0.15, 0.2) is 0 Å². The normalized spacial score (nSPS) is 12.4. The van der Waals surface area contributed by atoms with Crippen molar-refractivity contribution in [1.29, 1.82) is 0 Å². The van der Waals surface area contributed by atoms with Crippen molar-refractivity contribution in [1.82, 2.24) is 5.32 Å². The van der Waals surface area contributed by atoms with Gasteiger partial charge in [0.25, 0.3) is 0 Å². The second-order valence-corrected chi connectivity index (χ2v) is 6.04. The van der Waals surface area contributed by atoms with E-state index in [1.807, 2.05) is 13.1 Å². The van der Waals surface area contributed by atoms with E-state index in [1.54, 1.807) is 6.07 Å². The molecule has 0 aromatic heterocycles. The number of benzene rings is 2. The van der Waals surface area contributed by atoms with Crippen LogP contribution in [-0.4, -0.2) is 7.05 Å². The summed E-state index contributed by atoms with van der Waals surface area (Å²) in [5.41, 5.74) is 4.45. The summed E-state index contributed by atoms with van der Waals surface area (Å²) in [6.07, 6.45) is 0.629. The maximum atomic E-state index is 13.9. The van der Waals surface area contributed by atoms with Gasteiger partial charge in [-0.05, 0) is 67.8 Å². The van der Waals surface area contributed by atoms with E-state index in [0.717, 1.165) is 10.0 Å². The Bertz CT molecular complexity index is 610. The van der Waals surface area contributed by atoms with Crippen LogP contribution in [0.3, 0.4) is 0 Å². The first-order valence-electron chi connectivity index (χ1n) is 6.69. The standard InChI is InChI=1S/C17H19BrFN/c1-11-4-5-13(8-12(11)2)17(20-3)10-14-9-15(18)6-7-16(14)19/h4-9,17,20H,10H2,1-3H3. The molecule has 0 aliphatic rings. The molecular weight excluding hydrogens is 317 g/mol. The van der Waals surface area contributed by atoms with Crippen LogP contribution in [0.5, 0.6) is 0 Å². The highest BCUT2D eigenvalue weighted by Crippen LogP contribution is 2.24. The van der Waals surface area contributed by atoms with E-state index in [0.29, 0.717) is 6.42 Å². The molecule has 2 aromatic carbocycles. The lowest BCUT2D eigenvalue weighted by Crippen LogP contribution is -2.19. The molecule has 2 rings (SSSR count). The summed E-state index contributed by atoms with van der Waals surface area (Å²) in [7, 11) is 1.91. The Hall–Kier alpha value is -1.19. The van der Waals surface area contributed by atoms with Gasteiger partial charge in [0.1, 0.15) is 5.82 Å². The third kappa shape index (κ3) is 3.47. The van der Waals surface area contributed by atoms with Crippen LogP contribution in [0.2, 0.25) is 0 Å². The van der Waals surface area contributed by atoms with E-state index in [-0.39, 0.29) is 11.9 Å². The average Bonchev–Trinajstić information content (AvgIpc) is 2.43. The number of hydrogen-bond donors (Lipinski definition) is 1. The minimum Gasteiger partial charge on any atom is -0.313 e. The fourth-order valence-electron chi connectivity index (χ4n) is 2.29. The van der Waals surface area contributed by atoms with Crippen LogP contribution in [0.25, 0.3) is 0 Å². The van der Waals surface area contributed by atoms with Crippen LogP contribution in [0.4, 0.5) is 4.39 Å². The molecule has 0 radical (unpaired) electrons. The van der Waals surface area contributed by atoms with Crippen LogP contribution in [0.1, 0.15) is 28.3 Å². The highest BCUT2D eigenvalue weighted by molar-refractivity contribution is 9.10. The van der Waals surface area contributed by atoms with Gasteiger partial charge < -0.3 is 5.32 Å². The Morgan fingerprint density at radius 1 is 1.10 bits per heavy atom. The van der Waals surface area contributed by atoms with Crippen molar-refractivity contribution < 1.29 is 4.39 Å². The first-order valence-corrected chi connectivity index (χ1v) is 7.49. The predicted molar refractivity (Wildman–Crippen MR) is 85.5 cm³/mol. The summed E-state index contributed by atoms with van der Waals surface area (Å²) in [6, 6.07) is 11.6. The van der Waals surface area contributed by atoms with E-state index in [9.17, 15) is 4.39 Å². The maximum absolute atomic E-state index is 13.9. The van der Waals surface area contributed by atoms with E-state index in [1.165, 1.54) is 22.8 Å². The zero-order valence-corrected chi connectivity index (χ0v) is 13.6. The van der Waals surface area contributed by atoms with Gasteiger partial charge in [-0.25, -0.2) is 4.39 Å². The average molecular weight is 336 g/mol. The minimum absolute atomic E-state index is 0.109. The molecule has 2 aromatic rings. The third-order valence-corrected chi connectivity index (χ3v) is 4.21. The minimum atomic E-state index is -0.155. The van der Waals surface area contributed by atoms with Crippen molar-refractivity contribution in [2.24, 2.45) is 0 Å². The molecule has 0 spiro atoms. The summed E-state index contributed by atoms with van der Waals surface area (Å²) in [5.74, 6) is -0.155. The van der Waals surface area contributed by atoms with Gasteiger partial charge in [0, 0.05) is 10.5 Å². The van der Waals surface area contributed by atoms with E-state index in [2.05, 4.69) is 53.3 Å². The maximum Gasteiger partial charge on any atom is 0.126 e. The van der Waals surface area contributed by atoms with Crippen LogP contribution in [0.15, 0.2) is 40.9 Å². The molecule has 106 valence electrons. The summed E-state index contributed by atoms with van der Waals surface area (Å²) >= 11 is 3.40. The number of nitrogens with one attached hydrogen (secondary N) is 1. The van der Waals surface area contributed by atoms with Crippen molar-refractivity contribution in [3.8, 4) is 0 Å². The number of halogens is 2. The van der Waals surface area contributed by atoms with Crippen molar-refractivity contribution in [3.05, 3.63) is 68.9 Å². The SMILES string of the molecule is CNC(Cc1cc(Br)ccc1F)c1ccc(C)c(C)c1. The molecular formula is C17H19BrFN. The molecule has 20 heavy (non-hydrogen) atoms. The lowest BCUT2D eigenvalue weighted by Gasteiger charge is -2.18. The first-order chi connectivity index (χ1) is 9.51. The summed E-state index contributed by atoms with van der Waals surface area (Å²) in [5, 5.41) is 3.28. The Morgan fingerprint density at radius 2 is 1.85 bits per heavy atom. The Labute approximate surface area is 128 Å². The molecule has 0 aliphatic heterocycles. The van der Waals surface area contributed by atoms with Gasteiger partial charge >= 0.3 is 0 Å². The van der Waals surface area contributed by atoms with Gasteiger partial charge in [-0.15, -0.1) is 0 Å². The van der Waals surface area contributed by atoms with E-state index >= 15 is 0 Å². The quantitative estimate of drug-likeness (QED) is 0.853. The molecule has 0 amide bonds. The summed E-state index contributed by atoms with van der Waals surface area (Å²) < 4.78 is 14.8. The fourth-order valence-corrected chi connectivity index (χ4v) is 2.70. The molecule has 0 fully saturated rings. The molecule has 1 N–H and O–H groups in total. The van der Waals surface area contributed by atoms with Crippen LogP contribution >= 0.6 is 15.9 Å². The molecule has 0 saturated carbocycles. The Balaban J connectivity index is 2.28. The molecule has 0 aliphatic carbocycles. The Kier molecular flexibility index (Phi) is 4.95. The molecule has 0 saturated heterocycles. The monoisotopic (exact) mass is 335 g/mol. The van der Waals surface area contributed by atoms with Gasteiger partial charge in [-0.3, -0.25) is 0 Å². The van der Waals surface area contributed by atoms with Gasteiger partial charge in [-0.1, -0.05) is 34.1 Å². The van der Waals surface area contributed by atoms with Crippen LogP contribution < -0.4 is 5.32 Å². The molecule has 3 heteroatoms. The summed E-state index contributed by atoms with van der Waals surface area (Å²) in [6.45, 7) is 4.20. The second-order valence-electron chi connectivity index (χ2n) is 5.12. The predicted octanol–water partition coefficient (Wildman–Crippen LogP) is 4.71. The van der Waals surface area contributed by atoms with Gasteiger partial charge in [0.2, 0.25) is 0 Å². The number of aryl methyl sites for hydroxylation is 2. The van der Waals surface area contributed by atoms with E-state index < -0.39 is 0 Å². The second kappa shape index (κ2) is 6.51. The summed E-state index contributed by atoms with van der Waals surface area (Å²) in [4.78, 5) is 0. The third-order valence-electron chi connectivity index (χ3n) is 3.71. The van der Waals surface area contributed by atoms with Crippen molar-refractivity contribution in [2.75, 3.05) is 7.05 Å². The smallest absolute Gasteiger partial charge is 0.126 e.